The predicted molar refractivity (Wildman–Crippen MR) is 47.8 cm³/mol. The van der Waals surface area contributed by atoms with Gasteiger partial charge < -0.3 is 0 Å². The van der Waals surface area contributed by atoms with Crippen molar-refractivity contribution in [1.82, 2.24) is 9.78 Å². The molecule has 0 spiro atoms. The third-order valence-electron chi connectivity index (χ3n) is 2.24. The van der Waals surface area contributed by atoms with E-state index >= 15 is 0 Å². The zero-order valence-electron chi connectivity index (χ0n) is 7.46. The number of aromatic nitrogens is 2. The quantitative estimate of drug-likeness (QED) is 0.602. The molecule has 1 aromatic heterocycles. The third kappa shape index (κ3) is 1.02. The molecule has 0 radical (unpaired) electrons. The third-order valence-corrected chi connectivity index (χ3v) is 2.24. The van der Waals surface area contributed by atoms with E-state index in [4.69, 9.17) is 0 Å². The molecule has 2 heteroatoms. The Morgan fingerprint density at radius 1 is 1.75 bits per heavy atom. The molecule has 2 nitrogen and oxygen atoms in total. The van der Waals surface area contributed by atoms with E-state index in [1.165, 1.54) is 5.69 Å². The second kappa shape index (κ2) is 2.67. The van der Waals surface area contributed by atoms with Gasteiger partial charge in [-0.2, -0.15) is 5.10 Å². The molecule has 12 heavy (non-hydrogen) atoms. The van der Waals surface area contributed by atoms with Crippen LogP contribution in [0.25, 0.3) is 0 Å². The minimum absolute atomic E-state index is 0.413. The molecule has 0 saturated heterocycles. The van der Waals surface area contributed by atoms with Gasteiger partial charge >= 0.3 is 0 Å². The molecule has 62 valence electrons. The Hall–Kier alpha value is -1.23. The van der Waals surface area contributed by atoms with Crippen molar-refractivity contribution in [3.05, 3.63) is 17.5 Å². The first-order valence-electron chi connectivity index (χ1n) is 4.34. The van der Waals surface area contributed by atoms with Crippen LogP contribution in [0, 0.1) is 18.8 Å². The monoisotopic (exact) mass is 160 g/mol. The molecule has 0 aliphatic heterocycles. The fourth-order valence-corrected chi connectivity index (χ4v) is 1.41. The Bertz CT molecular complexity index is 352. The minimum atomic E-state index is 0.413. The molecule has 1 heterocycles. The molecule has 1 unspecified atom stereocenters. The van der Waals surface area contributed by atoms with Gasteiger partial charge in [0.15, 0.2) is 0 Å². The average Bonchev–Trinajstić information content (AvgIpc) is 2.27. The molecular formula is C10H12N2. The SMILES string of the molecule is CCn1nc(C2C#CC2)cc1C. The molecule has 1 aliphatic rings. The summed E-state index contributed by atoms with van der Waals surface area (Å²) in [4.78, 5) is 0. The topological polar surface area (TPSA) is 17.8 Å². The van der Waals surface area contributed by atoms with Crippen LogP contribution in [-0.4, -0.2) is 9.78 Å². The summed E-state index contributed by atoms with van der Waals surface area (Å²) in [6.45, 7) is 5.15. The first-order chi connectivity index (χ1) is 5.81. The Morgan fingerprint density at radius 3 is 2.92 bits per heavy atom. The number of hydrogen-bond donors (Lipinski definition) is 0. The normalized spacial score (nSPS) is 19.7. The van der Waals surface area contributed by atoms with E-state index in [0.29, 0.717) is 5.92 Å². The Kier molecular flexibility index (Phi) is 1.65. The van der Waals surface area contributed by atoms with Gasteiger partial charge in [0.2, 0.25) is 0 Å². The van der Waals surface area contributed by atoms with E-state index in [2.05, 4.69) is 36.9 Å². The van der Waals surface area contributed by atoms with Gasteiger partial charge in [0.25, 0.3) is 0 Å². The summed E-state index contributed by atoms with van der Waals surface area (Å²) in [5, 5.41) is 4.46. The van der Waals surface area contributed by atoms with Crippen LogP contribution in [0.15, 0.2) is 6.07 Å². The van der Waals surface area contributed by atoms with Crippen LogP contribution < -0.4 is 0 Å². The van der Waals surface area contributed by atoms with Crippen LogP contribution in [0.3, 0.4) is 0 Å². The van der Waals surface area contributed by atoms with Crippen molar-refractivity contribution < 1.29 is 0 Å². The maximum Gasteiger partial charge on any atom is 0.0787 e. The van der Waals surface area contributed by atoms with Crippen LogP contribution in [0.1, 0.15) is 30.7 Å². The highest BCUT2D eigenvalue weighted by molar-refractivity contribution is 5.32. The highest BCUT2D eigenvalue weighted by Gasteiger charge is 2.16. The molecule has 0 saturated carbocycles. The molecule has 1 atom stereocenters. The Labute approximate surface area is 72.6 Å². The van der Waals surface area contributed by atoms with Crippen LogP contribution in [0.5, 0.6) is 0 Å². The molecule has 1 aliphatic carbocycles. The van der Waals surface area contributed by atoms with Crippen LogP contribution in [-0.2, 0) is 6.54 Å². The highest BCUT2D eigenvalue weighted by Crippen LogP contribution is 2.22. The Balaban J connectivity index is 2.30. The summed E-state index contributed by atoms with van der Waals surface area (Å²) in [5.41, 5.74) is 2.38. The summed E-state index contributed by atoms with van der Waals surface area (Å²) < 4.78 is 2.02. The second-order valence-electron chi connectivity index (χ2n) is 3.10. The minimum Gasteiger partial charge on any atom is -0.270 e. The van der Waals surface area contributed by atoms with E-state index in [1.54, 1.807) is 0 Å². The first-order valence-corrected chi connectivity index (χ1v) is 4.34. The van der Waals surface area contributed by atoms with Gasteiger partial charge in [-0.25, -0.2) is 0 Å². The second-order valence-corrected chi connectivity index (χ2v) is 3.10. The lowest BCUT2D eigenvalue weighted by Crippen LogP contribution is -2.04. The molecule has 0 N–H and O–H groups in total. The van der Waals surface area contributed by atoms with E-state index in [-0.39, 0.29) is 0 Å². The lowest BCUT2D eigenvalue weighted by molar-refractivity contribution is 0.621. The van der Waals surface area contributed by atoms with Gasteiger partial charge in [-0.3, -0.25) is 4.68 Å². The van der Waals surface area contributed by atoms with E-state index < -0.39 is 0 Å². The standard InChI is InChI=1S/C10H12N2/c1-3-12-8(2)7-10(11-12)9-5-4-6-9/h7,9H,3,5H2,1-2H3. The van der Waals surface area contributed by atoms with Gasteiger partial charge in [0.05, 0.1) is 11.6 Å². The summed E-state index contributed by atoms with van der Waals surface area (Å²) in [5.74, 6) is 6.52. The summed E-state index contributed by atoms with van der Waals surface area (Å²) >= 11 is 0. The predicted octanol–water partition coefficient (Wildman–Crippen LogP) is 1.70. The molecule has 0 bridgehead atoms. The van der Waals surface area contributed by atoms with Crippen molar-refractivity contribution in [3.63, 3.8) is 0 Å². The number of aryl methyl sites for hydroxylation is 2. The molecule has 2 rings (SSSR count). The van der Waals surface area contributed by atoms with Gasteiger partial charge in [0, 0.05) is 18.7 Å². The fourth-order valence-electron chi connectivity index (χ4n) is 1.41. The number of rotatable bonds is 2. The van der Waals surface area contributed by atoms with Crippen molar-refractivity contribution in [2.24, 2.45) is 0 Å². The van der Waals surface area contributed by atoms with E-state index in [1.807, 2.05) is 4.68 Å². The van der Waals surface area contributed by atoms with Crippen LogP contribution in [0.4, 0.5) is 0 Å². The van der Waals surface area contributed by atoms with Crippen molar-refractivity contribution >= 4 is 0 Å². The van der Waals surface area contributed by atoms with Gasteiger partial charge in [0.1, 0.15) is 0 Å². The van der Waals surface area contributed by atoms with E-state index in [9.17, 15) is 0 Å². The fraction of sp³-hybridized carbons (Fsp3) is 0.500. The lowest BCUT2D eigenvalue weighted by atomic mass is 9.95. The largest absolute Gasteiger partial charge is 0.270 e. The van der Waals surface area contributed by atoms with Crippen molar-refractivity contribution in [1.29, 1.82) is 0 Å². The molecule has 0 aromatic carbocycles. The van der Waals surface area contributed by atoms with Gasteiger partial charge in [-0.15, -0.1) is 5.92 Å². The maximum atomic E-state index is 4.46. The maximum absolute atomic E-state index is 4.46. The Morgan fingerprint density at radius 2 is 2.50 bits per heavy atom. The van der Waals surface area contributed by atoms with Crippen LogP contribution >= 0.6 is 0 Å². The van der Waals surface area contributed by atoms with Crippen molar-refractivity contribution in [2.75, 3.05) is 0 Å². The molecule has 1 aromatic rings. The zero-order chi connectivity index (χ0) is 8.55. The summed E-state index contributed by atoms with van der Waals surface area (Å²) in [6, 6.07) is 2.14. The summed E-state index contributed by atoms with van der Waals surface area (Å²) in [7, 11) is 0. The van der Waals surface area contributed by atoms with Gasteiger partial charge in [-0.05, 0) is 19.9 Å². The number of nitrogens with zero attached hydrogens (tertiary/aromatic N) is 2. The highest BCUT2D eigenvalue weighted by atomic mass is 15.3. The molecule has 0 amide bonds. The zero-order valence-corrected chi connectivity index (χ0v) is 7.46. The van der Waals surface area contributed by atoms with Crippen LogP contribution in [0.2, 0.25) is 0 Å². The first kappa shape index (κ1) is 7.42. The lowest BCUT2D eigenvalue weighted by Gasteiger charge is -2.08. The van der Waals surface area contributed by atoms with Gasteiger partial charge in [-0.1, -0.05) is 5.92 Å². The smallest absolute Gasteiger partial charge is 0.0787 e. The summed E-state index contributed by atoms with van der Waals surface area (Å²) in [6.07, 6.45) is 0.986. The van der Waals surface area contributed by atoms with E-state index in [0.717, 1.165) is 18.7 Å². The average molecular weight is 160 g/mol. The molecule has 0 fully saturated rings. The number of hydrogen-bond acceptors (Lipinski definition) is 1. The van der Waals surface area contributed by atoms with Crippen molar-refractivity contribution in [3.8, 4) is 11.8 Å². The van der Waals surface area contributed by atoms with Crippen molar-refractivity contribution in [2.45, 2.75) is 32.7 Å². The molecular weight excluding hydrogens is 148 g/mol.